The van der Waals surface area contributed by atoms with E-state index in [2.05, 4.69) is 10.2 Å². The third-order valence-electron chi connectivity index (χ3n) is 3.17. The lowest BCUT2D eigenvalue weighted by Crippen LogP contribution is -2.18. The number of aromatic nitrogens is 2. The molecule has 0 aliphatic heterocycles. The number of ketones is 2. The molecule has 0 bridgehead atoms. The largest absolute Gasteiger partial charge is 0.289 e. The van der Waals surface area contributed by atoms with E-state index in [1.165, 1.54) is 22.7 Å². The van der Waals surface area contributed by atoms with E-state index in [-0.39, 0.29) is 11.6 Å². The summed E-state index contributed by atoms with van der Waals surface area (Å²) in [5.74, 6) is -0.182. The summed E-state index contributed by atoms with van der Waals surface area (Å²) in [6, 6.07) is 8.68. The molecule has 0 unspecified atom stereocenters. The summed E-state index contributed by atoms with van der Waals surface area (Å²) in [6.45, 7) is 0. The third-order valence-corrected chi connectivity index (χ3v) is 5.16. The van der Waals surface area contributed by atoms with Gasteiger partial charge in [0, 0.05) is 16.7 Å². The molecular formula is C14H6N2O2S2. The molecule has 3 aromatic rings. The molecule has 1 aliphatic rings. The van der Waals surface area contributed by atoms with E-state index in [1.807, 2.05) is 0 Å². The molecule has 0 atom stereocenters. The lowest BCUT2D eigenvalue weighted by Gasteiger charge is -2.12. The van der Waals surface area contributed by atoms with Gasteiger partial charge in [-0.1, -0.05) is 35.6 Å². The maximum atomic E-state index is 12.5. The molecule has 1 aliphatic carbocycles. The molecule has 2 aromatic heterocycles. The van der Waals surface area contributed by atoms with Gasteiger partial charge < -0.3 is 0 Å². The van der Waals surface area contributed by atoms with Gasteiger partial charge in [0.05, 0.1) is 9.75 Å². The highest BCUT2D eigenvalue weighted by atomic mass is 32.1. The second-order valence-electron chi connectivity index (χ2n) is 4.30. The lowest BCUT2D eigenvalue weighted by molar-refractivity contribution is 0.0982. The Hall–Kier alpha value is -2.18. The minimum Gasteiger partial charge on any atom is -0.289 e. The third kappa shape index (κ3) is 1.52. The molecule has 0 saturated carbocycles. The van der Waals surface area contributed by atoms with Crippen molar-refractivity contribution >= 4 is 34.2 Å². The van der Waals surface area contributed by atoms with Crippen LogP contribution in [0.15, 0.2) is 35.8 Å². The van der Waals surface area contributed by atoms with Gasteiger partial charge in [-0.2, -0.15) is 0 Å². The van der Waals surface area contributed by atoms with E-state index >= 15 is 0 Å². The zero-order valence-electron chi connectivity index (χ0n) is 9.99. The second kappa shape index (κ2) is 4.16. The fourth-order valence-electron chi connectivity index (χ4n) is 2.26. The molecule has 0 amide bonds. The van der Waals surface area contributed by atoms with E-state index in [0.29, 0.717) is 21.6 Å². The van der Waals surface area contributed by atoms with Crippen LogP contribution in [0, 0.1) is 0 Å². The molecule has 0 spiro atoms. The number of thiophene rings is 1. The van der Waals surface area contributed by atoms with Gasteiger partial charge >= 0.3 is 0 Å². The van der Waals surface area contributed by atoms with Gasteiger partial charge in [-0.15, -0.1) is 21.5 Å². The first kappa shape index (κ1) is 11.6. The van der Waals surface area contributed by atoms with Crippen LogP contribution in [0.1, 0.15) is 31.2 Å². The summed E-state index contributed by atoms with van der Waals surface area (Å²) in [5.41, 5.74) is 3.07. The fourth-order valence-corrected chi connectivity index (χ4v) is 3.98. The van der Waals surface area contributed by atoms with Crippen LogP contribution in [-0.4, -0.2) is 21.8 Å². The maximum Gasteiger partial charge on any atom is 0.204 e. The van der Waals surface area contributed by atoms with Crippen molar-refractivity contribution in [2.75, 3.05) is 0 Å². The number of hydrogen-bond donors (Lipinski definition) is 0. The van der Waals surface area contributed by atoms with Gasteiger partial charge in [0.1, 0.15) is 5.51 Å². The normalized spacial score (nSPS) is 13.2. The molecule has 96 valence electrons. The molecule has 4 rings (SSSR count). The van der Waals surface area contributed by atoms with E-state index in [0.717, 1.165) is 9.88 Å². The van der Waals surface area contributed by atoms with E-state index in [4.69, 9.17) is 0 Å². The molecule has 4 nitrogen and oxygen atoms in total. The van der Waals surface area contributed by atoms with Gasteiger partial charge in [0.25, 0.3) is 0 Å². The Morgan fingerprint density at radius 3 is 2.40 bits per heavy atom. The van der Waals surface area contributed by atoms with Crippen molar-refractivity contribution in [3.63, 3.8) is 0 Å². The van der Waals surface area contributed by atoms with Crippen LogP contribution in [0.5, 0.6) is 0 Å². The van der Waals surface area contributed by atoms with E-state index in [1.54, 1.807) is 35.8 Å². The first-order chi connectivity index (χ1) is 9.75. The van der Waals surface area contributed by atoms with Crippen LogP contribution in [-0.2, 0) is 0 Å². The fraction of sp³-hybridized carbons (Fsp3) is 0. The highest BCUT2D eigenvalue weighted by Crippen LogP contribution is 2.37. The molecule has 0 radical (unpaired) electrons. The summed E-state index contributed by atoms with van der Waals surface area (Å²) in [4.78, 5) is 26.2. The van der Waals surface area contributed by atoms with Crippen LogP contribution in [0.3, 0.4) is 0 Å². The van der Waals surface area contributed by atoms with E-state index < -0.39 is 0 Å². The Balaban J connectivity index is 1.94. The summed E-state index contributed by atoms with van der Waals surface area (Å²) >= 11 is 2.70. The highest BCUT2D eigenvalue weighted by molar-refractivity contribution is 7.22. The number of nitrogens with zero attached hydrogens (tertiary/aromatic N) is 2. The predicted molar refractivity (Wildman–Crippen MR) is 76.5 cm³/mol. The number of carbonyl (C=O) groups is 2. The predicted octanol–water partition coefficient (Wildman–Crippen LogP) is 3.04. The molecule has 0 fully saturated rings. The molecule has 1 aromatic carbocycles. The van der Waals surface area contributed by atoms with Crippen molar-refractivity contribution in [2.45, 2.75) is 0 Å². The smallest absolute Gasteiger partial charge is 0.204 e. The Kier molecular flexibility index (Phi) is 2.42. The zero-order chi connectivity index (χ0) is 13.7. The van der Waals surface area contributed by atoms with Crippen LogP contribution in [0.2, 0.25) is 0 Å². The minimum atomic E-state index is -0.0952. The van der Waals surface area contributed by atoms with Crippen LogP contribution < -0.4 is 0 Å². The van der Waals surface area contributed by atoms with Crippen molar-refractivity contribution < 1.29 is 9.59 Å². The quantitative estimate of drug-likeness (QED) is 0.542. The highest BCUT2D eigenvalue weighted by Gasteiger charge is 2.32. The lowest BCUT2D eigenvalue weighted by atomic mass is 9.89. The van der Waals surface area contributed by atoms with Gasteiger partial charge in [0.2, 0.25) is 5.78 Å². The number of carbonyl (C=O) groups excluding carboxylic acids is 2. The first-order valence-corrected chi connectivity index (χ1v) is 7.54. The van der Waals surface area contributed by atoms with Crippen LogP contribution in [0.25, 0.3) is 9.88 Å². The minimum absolute atomic E-state index is 0.0871. The van der Waals surface area contributed by atoms with Crippen molar-refractivity contribution in [2.24, 2.45) is 0 Å². The topological polar surface area (TPSA) is 59.9 Å². The van der Waals surface area contributed by atoms with Gasteiger partial charge in [0.15, 0.2) is 10.8 Å². The molecule has 2 heterocycles. The maximum absolute atomic E-state index is 12.5. The number of fused-ring (bicyclic) bond motifs is 2. The summed E-state index contributed by atoms with van der Waals surface area (Å²) in [5, 5.41) is 8.50. The molecule has 0 N–H and O–H groups in total. The van der Waals surface area contributed by atoms with Crippen molar-refractivity contribution in [1.82, 2.24) is 10.2 Å². The summed E-state index contributed by atoms with van der Waals surface area (Å²) in [7, 11) is 0. The SMILES string of the molecule is O=C1c2ccccc2C(=O)c2sc(-c3nncs3)cc21. The average Bonchev–Trinajstić information content (AvgIpc) is 3.13. The molecular weight excluding hydrogens is 292 g/mol. The standard InChI is InChI=1S/C14H6N2O2S2/c17-11-7-3-1-2-4-8(7)12(18)13-9(11)5-10(20-13)14-16-15-6-19-14/h1-6H. The summed E-state index contributed by atoms with van der Waals surface area (Å²) < 4.78 is 0. The number of hydrogen-bond acceptors (Lipinski definition) is 6. The van der Waals surface area contributed by atoms with Crippen LogP contribution >= 0.6 is 22.7 Å². The van der Waals surface area contributed by atoms with Gasteiger partial charge in [-0.3, -0.25) is 9.59 Å². The molecule has 0 saturated heterocycles. The second-order valence-corrected chi connectivity index (χ2v) is 6.19. The molecule has 20 heavy (non-hydrogen) atoms. The average molecular weight is 298 g/mol. The first-order valence-electron chi connectivity index (χ1n) is 5.84. The van der Waals surface area contributed by atoms with Gasteiger partial charge in [-0.05, 0) is 6.07 Å². The summed E-state index contributed by atoms with van der Waals surface area (Å²) in [6.07, 6.45) is 0. The Labute approximate surface area is 121 Å². The van der Waals surface area contributed by atoms with Crippen molar-refractivity contribution in [1.29, 1.82) is 0 Å². The number of rotatable bonds is 1. The zero-order valence-corrected chi connectivity index (χ0v) is 11.6. The van der Waals surface area contributed by atoms with Crippen molar-refractivity contribution in [3.8, 4) is 9.88 Å². The van der Waals surface area contributed by atoms with E-state index in [9.17, 15) is 9.59 Å². The molecule has 6 heteroatoms. The Morgan fingerprint density at radius 1 is 0.950 bits per heavy atom. The Morgan fingerprint density at radius 2 is 1.70 bits per heavy atom. The number of benzene rings is 1. The van der Waals surface area contributed by atoms with Crippen molar-refractivity contribution in [3.05, 3.63) is 57.4 Å². The monoisotopic (exact) mass is 298 g/mol. The van der Waals surface area contributed by atoms with Gasteiger partial charge in [-0.25, -0.2) is 0 Å². The van der Waals surface area contributed by atoms with Crippen LogP contribution in [0.4, 0.5) is 0 Å². The Bertz CT molecular complexity index is 797.